The van der Waals surface area contributed by atoms with Gasteiger partial charge < -0.3 is 0 Å². The standard InChI is InChI=1S/C18H17N5O2S/c1-12-10-14-6-5-7-15(17(14)19-11-12)26(24,25)22-13(2)18-21-20-16-8-3-4-9-23(16)18/h3-11,13,22H,1-2H3/t13-/m0/s1. The van der Waals surface area contributed by atoms with Gasteiger partial charge >= 0.3 is 0 Å². The lowest BCUT2D eigenvalue weighted by molar-refractivity contribution is 0.559. The molecule has 0 radical (unpaired) electrons. The Hall–Kier alpha value is -2.84. The summed E-state index contributed by atoms with van der Waals surface area (Å²) >= 11 is 0. The van der Waals surface area contributed by atoms with Crippen molar-refractivity contribution >= 4 is 26.6 Å². The van der Waals surface area contributed by atoms with Gasteiger partial charge in [0, 0.05) is 17.8 Å². The normalized spacial score (nSPS) is 13.3. The third-order valence-electron chi connectivity index (χ3n) is 4.16. The molecule has 0 fully saturated rings. The van der Waals surface area contributed by atoms with Crippen LogP contribution in [0.3, 0.4) is 0 Å². The average molecular weight is 367 g/mol. The summed E-state index contributed by atoms with van der Waals surface area (Å²) in [6.45, 7) is 3.66. The van der Waals surface area contributed by atoms with Crippen molar-refractivity contribution in [2.45, 2.75) is 24.8 Å². The average Bonchev–Trinajstić information content (AvgIpc) is 3.05. The third-order valence-corrected chi connectivity index (χ3v) is 5.73. The molecule has 8 heteroatoms. The van der Waals surface area contributed by atoms with Crippen LogP contribution in [0.4, 0.5) is 0 Å². The predicted molar refractivity (Wildman–Crippen MR) is 98.2 cm³/mol. The lowest BCUT2D eigenvalue weighted by Gasteiger charge is -2.14. The van der Waals surface area contributed by atoms with Gasteiger partial charge in [0.1, 0.15) is 4.90 Å². The molecule has 1 atom stereocenters. The van der Waals surface area contributed by atoms with E-state index in [1.807, 2.05) is 37.3 Å². The van der Waals surface area contributed by atoms with Crippen molar-refractivity contribution in [1.82, 2.24) is 24.3 Å². The number of nitrogens with zero attached hydrogens (tertiary/aromatic N) is 4. The first kappa shape index (κ1) is 16.6. The smallest absolute Gasteiger partial charge is 0.243 e. The number of hydrogen-bond acceptors (Lipinski definition) is 5. The zero-order chi connectivity index (χ0) is 18.3. The van der Waals surface area contributed by atoms with Crippen molar-refractivity contribution in [1.29, 1.82) is 0 Å². The van der Waals surface area contributed by atoms with Gasteiger partial charge in [-0.25, -0.2) is 13.1 Å². The van der Waals surface area contributed by atoms with Crippen LogP contribution >= 0.6 is 0 Å². The van der Waals surface area contributed by atoms with Crippen molar-refractivity contribution in [3.05, 3.63) is 66.2 Å². The highest BCUT2D eigenvalue weighted by Gasteiger charge is 2.24. The highest BCUT2D eigenvalue weighted by molar-refractivity contribution is 7.89. The molecule has 0 aliphatic rings. The molecule has 0 spiro atoms. The van der Waals surface area contributed by atoms with Crippen LogP contribution in [0.5, 0.6) is 0 Å². The quantitative estimate of drug-likeness (QED) is 0.599. The summed E-state index contributed by atoms with van der Waals surface area (Å²) in [7, 11) is -3.79. The molecule has 0 bridgehead atoms. The molecule has 0 saturated carbocycles. The molecular formula is C18H17N5O2S. The molecule has 0 saturated heterocycles. The fourth-order valence-electron chi connectivity index (χ4n) is 2.96. The first-order valence-electron chi connectivity index (χ1n) is 8.13. The van der Waals surface area contributed by atoms with E-state index in [9.17, 15) is 8.42 Å². The van der Waals surface area contributed by atoms with E-state index >= 15 is 0 Å². The second kappa shape index (κ2) is 6.15. The molecule has 132 valence electrons. The van der Waals surface area contributed by atoms with E-state index in [0.717, 1.165) is 10.9 Å². The van der Waals surface area contributed by atoms with Crippen LogP contribution in [0.15, 0.2) is 59.8 Å². The lowest BCUT2D eigenvalue weighted by atomic mass is 10.2. The fraction of sp³-hybridized carbons (Fsp3) is 0.167. The van der Waals surface area contributed by atoms with Crippen LogP contribution in [-0.4, -0.2) is 28.0 Å². The van der Waals surface area contributed by atoms with E-state index < -0.39 is 16.1 Å². The van der Waals surface area contributed by atoms with Gasteiger partial charge in [-0.05, 0) is 43.7 Å². The Labute approximate surface area is 150 Å². The van der Waals surface area contributed by atoms with Gasteiger partial charge in [0.25, 0.3) is 0 Å². The van der Waals surface area contributed by atoms with Gasteiger partial charge in [-0.3, -0.25) is 9.38 Å². The predicted octanol–water partition coefficient (Wildman–Crippen LogP) is 2.63. The first-order chi connectivity index (χ1) is 12.5. The summed E-state index contributed by atoms with van der Waals surface area (Å²) in [5, 5.41) is 8.97. The van der Waals surface area contributed by atoms with Crippen LogP contribution < -0.4 is 4.72 Å². The van der Waals surface area contributed by atoms with Crippen molar-refractivity contribution in [3.63, 3.8) is 0 Å². The molecule has 3 aromatic heterocycles. The van der Waals surface area contributed by atoms with E-state index in [4.69, 9.17) is 0 Å². The number of rotatable bonds is 4. The van der Waals surface area contributed by atoms with Crippen LogP contribution in [0.25, 0.3) is 16.6 Å². The third kappa shape index (κ3) is 2.83. The van der Waals surface area contributed by atoms with Crippen LogP contribution in [0, 0.1) is 6.92 Å². The van der Waals surface area contributed by atoms with Gasteiger partial charge in [0.05, 0.1) is 11.6 Å². The fourth-order valence-corrected chi connectivity index (χ4v) is 4.34. The van der Waals surface area contributed by atoms with E-state index in [2.05, 4.69) is 19.9 Å². The van der Waals surface area contributed by atoms with Crippen LogP contribution in [0.1, 0.15) is 24.4 Å². The van der Waals surface area contributed by atoms with Crippen molar-refractivity contribution in [3.8, 4) is 0 Å². The highest BCUT2D eigenvalue weighted by atomic mass is 32.2. The molecule has 3 heterocycles. The maximum absolute atomic E-state index is 13.0. The van der Waals surface area contributed by atoms with Gasteiger partial charge in [-0.2, -0.15) is 0 Å². The molecule has 1 aromatic carbocycles. The molecule has 0 amide bonds. The zero-order valence-corrected chi connectivity index (χ0v) is 15.1. The Morgan fingerprint density at radius 2 is 1.96 bits per heavy atom. The molecule has 0 aliphatic carbocycles. The second-order valence-corrected chi connectivity index (χ2v) is 7.85. The number of benzene rings is 1. The van der Waals surface area contributed by atoms with Gasteiger partial charge in [-0.1, -0.05) is 18.2 Å². The Morgan fingerprint density at radius 1 is 1.12 bits per heavy atom. The van der Waals surface area contributed by atoms with E-state index in [-0.39, 0.29) is 4.90 Å². The lowest BCUT2D eigenvalue weighted by Crippen LogP contribution is -2.28. The van der Waals surface area contributed by atoms with Crippen molar-refractivity contribution < 1.29 is 8.42 Å². The molecule has 26 heavy (non-hydrogen) atoms. The van der Waals surface area contributed by atoms with Crippen LogP contribution in [-0.2, 0) is 10.0 Å². The molecule has 7 nitrogen and oxygen atoms in total. The summed E-state index contributed by atoms with van der Waals surface area (Å²) in [5.41, 5.74) is 2.09. The van der Waals surface area contributed by atoms with E-state index in [0.29, 0.717) is 17.0 Å². The maximum Gasteiger partial charge on any atom is 0.243 e. The number of nitrogens with one attached hydrogen (secondary N) is 1. The molecule has 0 aliphatic heterocycles. The van der Waals surface area contributed by atoms with Crippen molar-refractivity contribution in [2.24, 2.45) is 0 Å². The largest absolute Gasteiger partial charge is 0.285 e. The minimum atomic E-state index is -3.79. The Morgan fingerprint density at radius 3 is 2.81 bits per heavy atom. The van der Waals surface area contributed by atoms with E-state index in [1.165, 1.54) is 0 Å². The SMILES string of the molecule is Cc1cnc2c(S(=O)(=O)N[C@@H](C)c3nnc4ccccn34)cccc2c1. The summed E-state index contributed by atoms with van der Waals surface area (Å²) in [4.78, 5) is 4.46. The number of hydrogen-bond donors (Lipinski definition) is 1. The first-order valence-corrected chi connectivity index (χ1v) is 9.61. The summed E-state index contributed by atoms with van der Waals surface area (Å²) in [5.74, 6) is 0.521. The topological polar surface area (TPSA) is 89.2 Å². The Balaban J connectivity index is 1.74. The molecule has 4 aromatic rings. The number of aromatic nitrogens is 4. The number of sulfonamides is 1. The Kier molecular flexibility index (Phi) is 3.93. The molecular weight excluding hydrogens is 350 g/mol. The summed E-state index contributed by atoms with van der Waals surface area (Å²) in [6.07, 6.45) is 3.47. The monoisotopic (exact) mass is 367 g/mol. The minimum Gasteiger partial charge on any atom is -0.285 e. The van der Waals surface area contributed by atoms with Gasteiger partial charge in [0.15, 0.2) is 11.5 Å². The molecule has 1 N–H and O–H groups in total. The number of aryl methyl sites for hydroxylation is 1. The second-order valence-electron chi connectivity index (χ2n) is 6.17. The molecule has 0 unspecified atom stereocenters. The van der Waals surface area contributed by atoms with E-state index in [1.54, 1.807) is 35.9 Å². The van der Waals surface area contributed by atoms with Crippen molar-refractivity contribution in [2.75, 3.05) is 0 Å². The summed E-state index contributed by atoms with van der Waals surface area (Å²) < 4.78 is 30.4. The highest BCUT2D eigenvalue weighted by Crippen LogP contribution is 2.23. The number of para-hydroxylation sites is 1. The van der Waals surface area contributed by atoms with Gasteiger partial charge in [-0.15, -0.1) is 10.2 Å². The maximum atomic E-state index is 13.0. The Bertz CT molecular complexity index is 1220. The zero-order valence-electron chi connectivity index (χ0n) is 14.3. The van der Waals surface area contributed by atoms with Crippen LogP contribution in [0.2, 0.25) is 0 Å². The molecule has 4 rings (SSSR count). The number of pyridine rings is 2. The van der Waals surface area contributed by atoms with Gasteiger partial charge in [0.2, 0.25) is 10.0 Å². The minimum absolute atomic E-state index is 0.149. The number of fused-ring (bicyclic) bond motifs is 2. The summed E-state index contributed by atoms with van der Waals surface area (Å²) in [6, 6.07) is 12.0.